The number of hydrogen-bond acceptors (Lipinski definition) is 4. The number of nitrogens with zero attached hydrogens (tertiary/aromatic N) is 1. The van der Waals surface area contributed by atoms with E-state index in [4.69, 9.17) is 16.3 Å². The molecule has 7 heteroatoms. The van der Waals surface area contributed by atoms with Crippen LogP contribution < -0.4 is 10.9 Å². The van der Waals surface area contributed by atoms with Crippen LogP contribution in [0.4, 0.5) is 5.69 Å². The van der Waals surface area contributed by atoms with E-state index in [1.807, 2.05) is 19.1 Å². The molecule has 0 aliphatic heterocycles. The van der Waals surface area contributed by atoms with Crippen molar-refractivity contribution in [3.05, 3.63) is 99.4 Å². The van der Waals surface area contributed by atoms with E-state index in [1.54, 1.807) is 60.7 Å². The topological polar surface area (TPSA) is 77.4 Å². The molecule has 0 aliphatic rings. The summed E-state index contributed by atoms with van der Waals surface area (Å²) in [6.45, 7) is 3.44. The van der Waals surface area contributed by atoms with Gasteiger partial charge in [0.05, 0.1) is 0 Å². The first kappa shape index (κ1) is 23.3. The molecule has 1 amide bonds. The number of carbonyl (C=O) groups is 2. The van der Waals surface area contributed by atoms with Crippen molar-refractivity contribution in [2.24, 2.45) is 7.05 Å². The molecule has 0 bridgehead atoms. The number of aromatic nitrogens is 1. The molecule has 1 unspecified atom stereocenters. The number of hydrogen-bond donors (Lipinski definition) is 1. The number of amides is 1. The van der Waals surface area contributed by atoms with E-state index < -0.39 is 18.0 Å². The van der Waals surface area contributed by atoms with Crippen LogP contribution in [0.3, 0.4) is 0 Å². The Morgan fingerprint density at radius 3 is 2.21 bits per heavy atom. The first-order valence-corrected chi connectivity index (χ1v) is 11.1. The number of ether oxygens (including phenoxy) is 1. The summed E-state index contributed by atoms with van der Waals surface area (Å²) in [7, 11) is 1.52. The number of benzene rings is 3. The van der Waals surface area contributed by atoms with Crippen LogP contribution >= 0.6 is 11.6 Å². The highest BCUT2D eigenvalue weighted by molar-refractivity contribution is 6.30. The zero-order valence-electron chi connectivity index (χ0n) is 19.0. The summed E-state index contributed by atoms with van der Waals surface area (Å²) >= 11 is 6.06. The monoisotopic (exact) mass is 474 g/mol. The van der Waals surface area contributed by atoms with Crippen LogP contribution in [0.2, 0.25) is 5.02 Å². The molecule has 1 aromatic heterocycles. The quantitative estimate of drug-likeness (QED) is 0.395. The van der Waals surface area contributed by atoms with Gasteiger partial charge < -0.3 is 14.6 Å². The van der Waals surface area contributed by atoms with Crippen LogP contribution in [0.1, 0.15) is 23.0 Å². The van der Waals surface area contributed by atoms with E-state index >= 15 is 0 Å². The minimum Gasteiger partial charge on any atom is -0.448 e. The van der Waals surface area contributed by atoms with Gasteiger partial charge in [0.1, 0.15) is 5.69 Å². The maximum absolute atomic E-state index is 13.3. The molecule has 0 saturated heterocycles. The molecule has 172 valence electrons. The molecule has 4 aromatic rings. The largest absolute Gasteiger partial charge is 0.448 e. The lowest BCUT2D eigenvalue weighted by Crippen LogP contribution is -2.32. The van der Waals surface area contributed by atoms with Crippen molar-refractivity contribution in [2.75, 3.05) is 5.32 Å². The second-order valence-electron chi connectivity index (χ2n) is 8.04. The third-order valence-corrected chi connectivity index (χ3v) is 5.85. The van der Waals surface area contributed by atoms with Gasteiger partial charge in [0.15, 0.2) is 6.10 Å². The van der Waals surface area contributed by atoms with Gasteiger partial charge in [-0.3, -0.25) is 9.59 Å². The highest BCUT2D eigenvalue weighted by atomic mass is 35.5. The molecule has 6 nitrogen and oxygen atoms in total. The Balaban J connectivity index is 1.73. The lowest BCUT2D eigenvalue weighted by molar-refractivity contribution is -0.123. The second-order valence-corrected chi connectivity index (χ2v) is 8.48. The van der Waals surface area contributed by atoms with Gasteiger partial charge in [-0.15, -0.1) is 0 Å². The summed E-state index contributed by atoms with van der Waals surface area (Å²) in [5.74, 6) is -1.25. The van der Waals surface area contributed by atoms with Crippen LogP contribution in [0.15, 0.2) is 77.6 Å². The summed E-state index contributed by atoms with van der Waals surface area (Å²) in [5, 5.41) is 4.36. The highest BCUT2D eigenvalue weighted by Gasteiger charge is 2.26. The van der Waals surface area contributed by atoms with Gasteiger partial charge in [0, 0.05) is 28.7 Å². The normalized spacial score (nSPS) is 11.8. The zero-order chi connectivity index (χ0) is 24.4. The maximum Gasteiger partial charge on any atom is 0.356 e. The van der Waals surface area contributed by atoms with Gasteiger partial charge in [0.25, 0.3) is 11.5 Å². The van der Waals surface area contributed by atoms with E-state index in [2.05, 4.69) is 5.32 Å². The number of anilines is 1. The number of rotatable bonds is 5. The molecule has 0 fully saturated rings. The van der Waals surface area contributed by atoms with Crippen molar-refractivity contribution in [1.82, 2.24) is 4.57 Å². The van der Waals surface area contributed by atoms with Crippen LogP contribution in [0, 0.1) is 6.92 Å². The molecule has 0 aliphatic carbocycles. The van der Waals surface area contributed by atoms with Crippen molar-refractivity contribution < 1.29 is 14.3 Å². The molecule has 0 radical (unpaired) electrons. The summed E-state index contributed by atoms with van der Waals surface area (Å²) in [6.07, 6.45) is -1.09. The van der Waals surface area contributed by atoms with Crippen molar-refractivity contribution >= 4 is 39.9 Å². The highest BCUT2D eigenvalue weighted by Crippen LogP contribution is 2.32. The summed E-state index contributed by atoms with van der Waals surface area (Å²) in [5.41, 5.74) is 2.60. The lowest BCUT2D eigenvalue weighted by atomic mass is 9.96. The smallest absolute Gasteiger partial charge is 0.356 e. The standard InChI is InChI=1S/C27H23ClN2O4/c1-16-8-14-20(15-9-16)29-25(31)17(2)34-27(33)24-23(18-10-12-19(28)13-11-18)21-6-4-5-7-22(21)26(32)30(24)3/h4-15,17H,1-3H3,(H,29,31). The lowest BCUT2D eigenvalue weighted by Gasteiger charge is -2.19. The van der Waals surface area contributed by atoms with Gasteiger partial charge in [0.2, 0.25) is 0 Å². The number of nitrogens with one attached hydrogen (secondary N) is 1. The predicted molar refractivity (Wildman–Crippen MR) is 134 cm³/mol. The SMILES string of the molecule is Cc1ccc(NC(=O)C(C)OC(=O)c2c(-c3ccc(Cl)cc3)c3ccccc3c(=O)n2C)cc1. The summed E-state index contributed by atoms with van der Waals surface area (Å²) in [6, 6.07) is 21.3. The van der Waals surface area contributed by atoms with Gasteiger partial charge in [-0.05, 0) is 55.1 Å². The van der Waals surface area contributed by atoms with E-state index in [-0.39, 0.29) is 11.3 Å². The van der Waals surface area contributed by atoms with Crippen molar-refractivity contribution in [3.8, 4) is 11.1 Å². The number of pyridine rings is 1. The van der Waals surface area contributed by atoms with Crippen LogP contribution in [-0.4, -0.2) is 22.5 Å². The van der Waals surface area contributed by atoms with Gasteiger partial charge in [-0.1, -0.05) is 59.6 Å². The first-order chi connectivity index (χ1) is 16.3. The Bertz CT molecular complexity index is 1440. The van der Waals surface area contributed by atoms with Crippen molar-refractivity contribution in [2.45, 2.75) is 20.0 Å². The molecule has 1 atom stereocenters. The zero-order valence-corrected chi connectivity index (χ0v) is 19.7. The molecular weight excluding hydrogens is 452 g/mol. The third-order valence-electron chi connectivity index (χ3n) is 5.60. The Hall–Kier alpha value is -3.90. The third kappa shape index (κ3) is 4.58. The molecule has 4 rings (SSSR count). The fourth-order valence-corrected chi connectivity index (χ4v) is 3.89. The molecule has 3 aromatic carbocycles. The Labute approximate surface area is 201 Å². The summed E-state index contributed by atoms with van der Waals surface area (Å²) < 4.78 is 6.79. The molecule has 1 N–H and O–H groups in total. The Kier molecular flexibility index (Phi) is 6.52. The van der Waals surface area contributed by atoms with Crippen LogP contribution in [0.25, 0.3) is 21.9 Å². The first-order valence-electron chi connectivity index (χ1n) is 10.7. The molecular formula is C27H23ClN2O4. The Morgan fingerprint density at radius 1 is 0.941 bits per heavy atom. The van der Waals surface area contributed by atoms with Gasteiger partial charge in [-0.2, -0.15) is 0 Å². The number of fused-ring (bicyclic) bond motifs is 1. The number of carbonyl (C=O) groups excluding carboxylic acids is 2. The van der Waals surface area contributed by atoms with Crippen LogP contribution in [-0.2, 0) is 16.6 Å². The number of esters is 1. The van der Waals surface area contributed by atoms with E-state index in [0.717, 1.165) is 5.56 Å². The molecule has 1 heterocycles. The van der Waals surface area contributed by atoms with Crippen LogP contribution in [0.5, 0.6) is 0 Å². The molecule has 34 heavy (non-hydrogen) atoms. The second kappa shape index (κ2) is 9.53. The van der Waals surface area contributed by atoms with Crippen molar-refractivity contribution in [1.29, 1.82) is 0 Å². The Morgan fingerprint density at radius 2 is 1.56 bits per heavy atom. The maximum atomic E-state index is 13.3. The molecule has 0 saturated carbocycles. The van der Waals surface area contributed by atoms with Crippen molar-refractivity contribution in [3.63, 3.8) is 0 Å². The van der Waals surface area contributed by atoms with Gasteiger partial charge >= 0.3 is 5.97 Å². The van der Waals surface area contributed by atoms with Gasteiger partial charge in [-0.25, -0.2) is 4.79 Å². The minimum atomic E-state index is -1.09. The fraction of sp³-hybridized carbons (Fsp3) is 0.148. The fourth-order valence-electron chi connectivity index (χ4n) is 3.76. The molecule has 0 spiro atoms. The number of halogens is 1. The predicted octanol–water partition coefficient (Wildman–Crippen LogP) is 5.35. The average molecular weight is 475 g/mol. The minimum absolute atomic E-state index is 0.0565. The van der Waals surface area contributed by atoms with E-state index in [0.29, 0.717) is 32.6 Å². The van der Waals surface area contributed by atoms with E-state index in [1.165, 1.54) is 18.5 Å². The average Bonchev–Trinajstić information content (AvgIpc) is 2.83. The summed E-state index contributed by atoms with van der Waals surface area (Å²) in [4.78, 5) is 39.0. The van der Waals surface area contributed by atoms with E-state index in [9.17, 15) is 14.4 Å². The number of aryl methyl sites for hydroxylation is 1.